The van der Waals surface area contributed by atoms with Gasteiger partial charge in [-0.05, 0) is 68.6 Å². The van der Waals surface area contributed by atoms with E-state index in [-0.39, 0.29) is 0 Å². The van der Waals surface area contributed by atoms with Gasteiger partial charge >= 0.3 is 0 Å². The van der Waals surface area contributed by atoms with Crippen LogP contribution in [0.3, 0.4) is 0 Å². The Hall–Kier alpha value is -2.13. The normalized spacial score (nSPS) is 20.0. The monoisotopic (exact) mass is 331 g/mol. The Balaban J connectivity index is 1.81. The van der Waals surface area contributed by atoms with Crippen LogP contribution in [0.25, 0.3) is 10.9 Å². The van der Waals surface area contributed by atoms with Crippen LogP contribution in [0.4, 0.5) is 0 Å². The minimum absolute atomic E-state index is 0.451. The van der Waals surface area contributed by atoms with E-state index < -0.39 is 0 Å². The zero-order valence-corrected chi connectivity index (χ0v) is 15.3. The molecule has 2 aliphatic rings. The van der Waals surface area contributed by atoms with Gasteiger partial charge in [0.1, 0.15) is 0 Å². The van der Waals surface area contributed by atoms with Crippen LogP contribution >= 0.6 is 0 Å². The molecule has 1 unspecified atom stereocenters. The number of likely N-dealkylation sites (N-methyl/N-ethyl adjacent to an activating group) is 1. The summed E-state index contributed by atoms with van der Waals surface area (Å²) in [4.78, 5) is 6.86. The van der Waals surface area contributed by atoms with Gasteiger partial charge in [-0.2, -0.15) is 0 Å². The zero-order valence-electron chi connectivity index (χ0n) is 15.3. The van der Waals surface area contributed by atoms with E-state index in [2.05, 4.69) is 59.6 Å². The smallest absolute Gasteiger partial charge is 0.0593 e. The van der Waals surface area contributed by atoms with Crippen molar-refractivity contribution in [2.75, 3.05) is 13.6 Å². The molecule has 3 nitrogen and oxygen atoms in total. The Morgan fingerprint density at radius 2 is 2.00 bits per heavy atom. The average molecular weight is 331 g/mol. The first kappa shape index (κ1) is 15.2. The first-order valence-electron chi connectivity index (χ1n) is 9.38. The molecule has 0 bridgehead atoms. The number of rotatable bonds is 1. The van der Waals surface area contributed by atoms with Crippen LogP contribution in [0.1, 0.15) is 46.1 Å². The van der Waals surface area contributed by atoms with E-state index in [1.54, 1.807) is 11.3 Å². The first-order valence-corrected chi connectivity index (χ1v) is 9.38. The summed E-state index contributed by atoms with van der Waals surface area (Å²) in [6, 6.07) is 9.75. The van der Waals surface area contributed by atoms with Crippen molar-refractivity contribution in [1.82, 2.24) is 14.5 Å². The van der Waals surface area contributed by atoms with Crippen molar-refractivity contribution < 1.29 is 0 Å². The predicted octanol–water partition coefficient (Wildman–Crippen LogP) is 4.18. The zero-order chi connectivity index (χ0) is 17.1. The summed E-state index contributed by atoms with van der Waals surface area (Å²) in [6.45, 7) is 6.56. The maximum absolute atomic E-state index is 4.41. The number of hydrogen-bond donors (Lipinski definition) is 0. The summed E-state index contributed by atoms with van der Waals surface area (Å²) < 4.78 is 2.69. The second-order valence-corrected chi connectivity index (χ2v) is 7.89. The van der Waals surface area contributed by atoms with Gasteiger partial charge in [-0.1, -0.05) is 11.6 Å². The molecule has 0 amide bonds. The molecule has 0 fully saturated rings. The maximum Gasteiger partial charge on any atom is 0.0593 e. The van der Waals surface area contributed by atoms with E-state index in [1.807, 2.05) is 6.20 Å². The lowest BCUT2D eigenvalue weighted by Gasteiger charge is -2.30. The molecule has 0 N–H and O–H groups in total. The molecule has 25 heavy (non-hydrogen) atoms. The Bertz CT molecular complexity index is 983. The van der Waals surface area contributed by atoms with Crippen LogP contribution in [0, 0.1) is 13.8 Å². The molecule has 1 atom stereocenters. The second kappa shape index (κ2) is 5.43. The molecular formula is C22H25N3. The van der Waals surface area contributed by atoms with E-state index in [1.165, 1.54) is 40.4 Å². The van der Waals surface area contributed by atoms with E-state index in [4.69, 9.17) is 0 Å². The van der Waals surface area contributed by atoms with Crippen molar-refractivity contribution in [2.24, 2.45) is 0 Å². The Kier molecular flexibility index (Phi) is 3.29. The highest BCUT2D eigenvalue weighted by molar-refractivity contribution is 5.90. The molecule has 5 rings (SSSR count). The van der Waals surface area contributed by atoms with Crippen LogP contribution in [0.5, 0.6) is 0 Å². The average Bonchev–Trinajstić information content (AvgIpc) is 2.90. The lowest BCUT2D eigenvalue weighted by atomic mass is 9.93. The standard InChI is InChI=1S/C22H25N3/c1-14-10-17-4-5-20(16-6-8-23-15(2)12-16)25-21-7-9-24(3)13-19(21)18(11-14)22(17)25/h6,8,10-12,20H,4-5,7,9,13H2,1-3H3. The van der Waals surface area contributed by atoms with Crippen molar-refractivity contribution in [3.05, 3.63) is 64.1 Å². The van der Waals surface area contributed by atoms with Crippen LogP contribution in [0.15, 0.2) is 30.5 Å². The van der Waals surface area contributed by atoms with Gasteiger partial charge in [0.2, 0.25) is 0 Å². The lowest BCUT2D eigenvalue weighted by molar-refractivity contribution is 0.307. The first-order chi connectivity index (χ1) is 12.1. The molecule has 0 aliphatic carbocycles. The van der Waals surface area contributed by atoms with Gasteiger partial charge in [-0.25, -0.2) is 0 Å². The van der Waals surface area contributed by atoms with E-state index in [0.29, 0.717) is 6.04 Å². The highest BCUT2D eigenvalue weighted by Crippen LogP contribution is 2.42. The number of pyridine rings is 1. The van der Waals surface area contributed by atoms with Crippen LogP contribution in [-0.2, 0) is 19.4 Å². The number of aromatic nitrogens is 2. The number of fused-ring (bicyclic) bond motifs is 3. The predicted molar refractivity (Wildman–Crippen MR) is 102 cm³/mol. The third kappa shape index (κ3) is 2.26. The van der Waals surface area contributed by atoms with Crippen molar-refractivity contribution >= 4 is 10.9 Å². The summed E-state index contributed by atoms with van der Waals surface area (Å²) in [5.41, 5.74) is 10.1. The molecule has 3 aromatic rings. The molecule has 0 radical (unpaired) electrons. The lowest BCUT2D eigenvalue weighted by Crippen LogP contribution is -2.28. The summed E-state index contributed by atoms with van der Waals surface area (Å²) in [5, 5.41) is 1.49. The maximum atomic E-state index is 4.41. The fourth-order valence-corrected chi connectivity index (χ4v) is 4.94. The van der Waals surface area contributed by atoms with Gasteiger partial charge in [0, 0.05) is 42.5 Å². The number of nitrogens with zero attached hydrogens (tertiary/aromatic N) is 3. The highest BCUT2D eigenvalue weighted by atomic mass is 15.1. The fourth-order valence-electron chi connectivity index (χ4n) is 4.94. The second-order valence-electron chi connectivity index (χ2n) is 7.89. The van der Waals surface area contributed by atoms with Crippen molar-refractivity contribution in [1.29, 1.82) is 0 Å². The van der Waals surface area contributed by atoms with Crippen molar-refractivity contribution in [3.8, 4) is 0 Å². The summed E-state index contributed by atoms with van der Waals surface area (Å²) in [6.07, 6.45) is 5.48. The van der Waals surface area contributed by atoms with Crippen LogP contribution in [0.2, 0.25) is 0 Å². The van der Waals surface area contributed by atoms with E-state index in [9.17, 15) is 0 Å². The highest BCUT2D eigenvalue weighted by Gasteiger charge is 2.31. The molecule has 1 aromatic carbocycles. The van der Waals surface area contributed by atoms with Crippen molar-refractivity contribution in [2.45, 2.75) is 45.7 Å². The minimum atomic E-state index is 0.451. The fraction of sp³-hybridized carbons (Fsp3) is 0.409. The number of hydrogen-bond acceptors (Lipinski definition) is 2. The van der Waals surface area contributed by atoms with Gasteiger partial charge in [-0.15, -0.1) is 0 Å². The topological polar surface area (TPSA) is 21.1 Å². The number of aryl methyl sites for hydroxylation is 3. The minimum Gasteiger partial charge on any atom is -0.336 e. The van der Waals surface area contributed by atoms with E-state index in [0.717, 1.165) is 25.2 Å². The Morgan fingerprint density at radius 1 is 1.12 bits per heavy atom. The molecule has 3 heteroatoms. The Morgan fingerprint density at radius 3 is 2.84 bits per heavy atom. The van der Waals surface area contributed by atoms with Crippen LogP contribution in [-0.4, -0.2) is 28.0 Å². The summed E-state index contributed by atoms with van der Waals surface area (Å²) in [7, 11) is 2.24. The number of benzene rings is 1. The SMILES string of the molecule is Cc1cc2c3c(c1)c1c(n3C(c3ccnc(C)c3)CC2)CCN(C)C1. The van der Waals surface area contributed by atoms with Crippen molar-refractivity contribution in [3.63, 3.8) is 0 Å². The van der Waals surface area contributed by atoms with Gasteiger partial charge in [0.05, 0.1) is 11.6 Å². The Labute approximate surface area is 149 Å². The van der Waals surface area contributed by atoms with Gasteiger partial charge in [-0.3, -0.25) is 4.98 Å². The van der Waals surface area contributed by atoms with Gasteiger partial charge in [0.15, 0.2) is 0 Å². The molecule has 4 heterocycles. The molecule has 0 saturated heterocycles. The molecule has 0 spiro atoms. The van der Waals surface area contributed by atoms with E-state index >= 15 is 0 Å². The molecule has 0 saturated carbocycles. The molecule has 128 valence electrons. The molecular weight excluding hydrogens is 306 g/mol. The molecule has 2 aromatic heterocycles. The third-order valence-electron chi connectivity index (χ3n) is 6.00. The quantitative estimate of drug-likeness (QED) is 0.667. The summed E-state index contributed by atoms with van der Waals surface area (Å²) >= 11 is 0. The largest absolute Gasteiger partial charge is 0.336 e. The van der Waals surface area contributed by atoms with Gasteiger partial charge in [0.25, 0.3) is 0 Å². The molecule has 2 aliphatic heterocycles. The van der Waals surface area contributed by atoms with Gasteiger partial charge < -0.3 is 9.47 Å². The summed E-state index contributed by atoms with van der Waals surface area (Å²) in [5.74, 6) is 0. The third-order valence-corrected chi connectivity index (χ3v) is 6.00. The van der Waals surface area contributed by atoms with Crippen LogP contribution < -0.4 is 0 Å².